The standard InChI is InChI=1S/C18H24N2O6S/c1-13-6-4-5-11-20(13)27(23,24)15-9-7-14(8-10-15)19-16(18(22)26-3)12-17(21)25-2/h7-10,12-13,19H,4-6,11H2,1-3H3/b16-12+. The summed E-state index contributed by atoms with van der Waals surface area (Å²) in [5.74, 6) is -1.47. The smallest absolute Gasteiger partial charge is 0.354 e. The van der Waals surface area contributed by atoms with Gasteiger partial charge in [-0.05, 0) is 44.0 Å². The first-order valence-corrected chi connectivity index (χ1v) is 10.0. The number of carbonyl (C=O) groups excluding carboxylic acids is 2. The van der Waals surface area contributed by atoms with Gasteiger partial charge in [-0.3, -0.25) is 0 Å². The minimum Gasteiger partial charge on any atom is -0.466 e. The lowest BCUT2D eigenvalue weighted by Gasteiger charge is -2.32. The number of nitrogens with zero attached hydrogens (tertiary/aromatic N) is 1. The summed E-state index contributed by atoms with van der Waals surface area (Å²) in [6.07, 6.45) is 3.69. The normalized spacial score (nSPS) is 18.6. The first kappa shape index (κ1) is 20.9. The molecule has 1 unspecified atom stereocenters. The van der Waals surface area contributed by atoms with Crippen LogP contribution in [0.15, 0.2) is 40.9 Å². The van der Waals surface area contributed by atoms with E-state index in [4.69, 9.17) is 0 Å². The summed E-state index contributed by atoms with van der Waals surface area (Å²) in [6, 6.07) is 5.94. The van der Waals surface area contributed by atoms with Crippen molar-refractivity contribution in [2.24, 2.45) is 0 Å². The maximum Gasteiger partial charge on any atom is 0.354 e. The second-order valence-electron chi connectivity index (χ2n) is 6.18. The molecular formula is C18H24N2O6S. The number of rotatable bonds is 6. The molecule has 0 spiro atoms. The average Bonchev–Trinajstić information content (AvgIpc) is 2.67. The summed E-state index contributed by atoms with van der Waals surface area (Å²) in [5.41, 5.74) is 0.311. The molecule has 1 aromatic carbocycles. The molecule has 0 aromatic heterocycles. The molecular weight excluding hydrogens is 372 g/mol. The van der Waals surface area contributed by atoms with E-state index in [-0.39, 0.29) is 16.6 Å². The van der Waals surface area contributed by atoms with E-state index in [0.29, 0.717) is 12.2 Å². The lowest BCUT2D eigenvalue weighted by atomic mass is 10.1. The quantitative estimate of drug-likeness (QED) is 0.579. The van der Waals surface area contributed by atoms with Crippen LogP contribution in [0.25, 0.3) is 0 Å². The summed E-state index contributed by atoms with van der Waals surface area (Å²) in [4.78, 5) is 23.3. The highest BCUT2D eigenvalue weighted by Gasteiger charge is 2.30. The van der Waals surface area contributed by atoms with E-state index in [2.05, 4.69) is 14.8 Å². The topological polar surface area (TPSA) is 102 Å². The van der Waals surface area contributed by atoms with Gasteiger partial charge in [0.25, 0.3) is 0 Å². The predicted octanol–water partition coefficient (Wildman–Crippen LogP) is 1.89. The molecule has 0 saturated carbocycles. The van der Waals surface area contributed by atoms with E-state index < -0.39 is 22.0 Å². The summed E-state index contributed by atoms with van der Waals surface area (Å²) in [6.45, 7) is 2.42. The van der Waals surface area contributed by atoms with Gasteiger partial charge in [0.1, 0.15) is 5.70 Å². The number of nitrogens with one attached hydrogen (secondary N) is 1. The van der Waals surface area contributed by atoms with Gasteiger partial charge in [0.05, 0.1) is 25.2 Å². The molecule has 27 heavy (non-hydrogen) atoms. The third-order valence-electron chi connectivity index (χ3n) is 4.35. The first-order chi connectivity index (χ1) is 12.8. The molecule has 1 aliphatic heterocycles. The summed E-state index contributed by atoms with van der Waals surface area (Å²) in [7, 11) is -1.20. The molecule has 148 valence electrons. The van der Waals surface area contributed by atoms with Gasteiger partial charge in [0, 0.05) is 18.3 Å². The Bertz CT molecular complexity index is 817. The molecule has 8 nitrogen and oxygen atoms in total. The molecule has 1 heterocycles. The van der Waals surface area contributed by atoms with Crippen LogP contribution in [-0.4, -0.2) is 51.5 Å². The summed E-state index contributed by atoms with van der Waals surface area (Å²) in [5, 5.41) is 2.74. The number of carbonyl (C=O) groups is 2. The molecule has 9 heteroatoms. The highest BCUT2D eigenvalue weighted by molar-refractivity contribution is 7.89. The van der Waals surface area contributed by atoms with E-state index in [0.717, 1.165) is 25.3 Å². The van der Waals surface area contributed by atoms with Gasteiger partial charge in [-0.15, -0.1) is 0 Å². The zero-order chi connectivity index (χ0) is 20.0. The monoisotopic (exact) mass is 396 g/mol. The van der Waals surface area contributed by atoms with Crippen molar-refractivity contribution in [1.82, 2.24) is 4.31 Å². The Morgan fingerprint density at radius 1 is 1.15 bits per heavy atom. The fourth-order valence-electron chi connectivity index (χ4n) is 2.86. The number of hydrogen-bond donors (Lipinski definition) is 1. The number of sulfonamides is 1. The van der Waals surface area contributed by atoms with Crippen LogP contribution >= 0.6 is 0 Å². The largest absolute Gasteiger partial charge is 0.466 e. The van der Waals surface area contributed by atoms with Crippen molar-refractivity contribution >= 4 is 27.6 Å². The van der Waals surface area contributed by atoms with E-state index in [1.54, 1.807) is 0 Å². The van der Waals surface area contributed by atoms with Gasteiger partial charge in [0.15, 0.2) is 0 Å². The highest BCUT2D eigenvalue weighted by atomic mass is 32.2. The second kappa shape index (κ2) is 9.01. The van der Waals surface area contributed by atoms with Crippen LogP contribution in [0.4, 0.5) is 5.69 Å². The van der Waals surface area contributed by atoms with Crippen LogP contribution < -0.4 is 5.32 Å². The van der Waals surface area contributed by atoms with Crippen molar-refractivity contribution in [2.75, 3.05) is 26.1 Å². The van der Waals surface area contributed by atoms with Gasteiger partial charge in [-0.25, -0.2) is 18.0 Å². The number of ether oxygens (including phenoxy) is 2. The Hall–Kier alpha value is -2.39. The fourth-order valence-corrected chi connectivity index (χ4v) is 4.56. The number of piperidine rings is 1. The Morgan fingerprint density at radius 2 is 1.81 bits per heavy atom. The van der Waals surface area contributed by atoms with E-state index >= 15 is 0 Å². The van der Waals surface area contributed by atoms with E-state index in [1.165, 1.54) is 42.8 Å². The summed E-state index contributed by atoms with van der Waals surface area (Å²) >= 11 is 0. The molecule has 0 aliphatic carbocycles. The Labute approximate surface area is 159 Å². The van der Waals surface area contributed by atoms with Gasteiger partial charge in [-0.2, -0.15) is 4.31 Å². The Morgan fingerprint density at radius 3 is 2.37 bits per heavy atom. The van der Waals surface area contributed by atoms with Crippen LogP contribution in [0.1, 0.15) is 26.2 Å². The fraction of sp³-hybridized carbons (Fsp3) is 0.444. The number of anilines is 1. The van der Waals surface area contributed by atoms with E-state index in [1.807, 2.05) is 6.92 Å². The van der Waals surface area contributed by atoms with Crippen LogP contribution in [0.3, 0.4) is 0 Å². The molecule has 0 amide bonds. The molecule has 0 radical (unpaired) electrons. The maximum atomic E-state index is 12.8. The highest BCUT2D eigenvalue weighted by Crippen LogP contribution is 2.26. The molecule has 1 saturated heterocycles. The number of methoxy groups -OCH3 is 2. The van der Waals surface area contributed by atoms with E-state index in [9.17, 15) is 18.0 Å². The molecule has 2 rings (SSSR count). The lowest BCUT2D eigenvalue weighted by Crippen LogP contribution is -2.41. The van der Waals surface area contributed by atoms with Crippen LogP contribution in [0, 0.1) is 0 Å². The number of hydrogen-bond acceptors (Lipinski definition) is 7. The molecule has 0 bridgehead atoms. The zero-order valence-electron chi connectivity index (χ0n) is 15.6. The molecule has 1 N–H and O–H groups in total. The Kier molecular flexibility index (Phi) is 6.98. The Balaban J connectivity index is 2.22. The third kappa shape index (κ3) is 5.08. The van der Waals surface area contributed by atoms with Crippen LogP contribution in [0.5, 0.6) is 0 Å². The van der Waals surface area contributed by atoms with Crippen LogP contribution in [-0.2, 0) is 29.1 Å². The maximum absolute atomic E-state index is 12.8. The number of benzene rings is 1. The van der Waals surface area contributed by atoms with Crippen LogP contribution in [0.2, 0.25) is 0 Å². The van der Waals surface area contributed by atoms with Gasteiger partial charge < -0.3 is 14.8 Å². The number of esters is 2. The minimum atomic E-state index is -3.58. The van der Waals surface area contributed by atoms with Crippen molar-refractivity contribution in [3.05, 3.63) is 36.0 Å². The second-order valence-corrected chi connectivity index (χ2v) is 8.07. The lowest BCUT2D eigenvalue weighted by molar-refractivity contribution is -0.138. The van der Waals surface area contributed by atoms with Gasteiger partial charge in [0.2, 0.25) is 10.0 Å². The zero-order valence-corrected chi connectivity index (χ0v) is 16.4. The molecule has 1 aromatic rings. The SMILES string of the molecule is COC(=O)/C=C(/Nc1ccc(S(=O)(=O)N2CCCCC2C)cc1)C(=O)OC. The molecule has 1 aliphatic rings. The third-order valence-corrected chi connectivity index (χ3v) is 6.38. The van der Waals surface area contributed by atoms with Crippen molar-refractivity contribution in [3.63, 3.8) is 0 Å². The van der Waals surface area contributed by atoms with Gasteiger partial charge >= 0.3 is 11.9 Å². The minimum absolute atomic E-state index is 0.0320. The van der Waals surface area contributed by atoms with Crippen molar-refractivity contribution < 1.29 is 27.5 Å². The molecule has 1 atom stereocenters. The van der Waals surface area contributed by atoms with Crippen molar-refractivity contribution in [2.45, 2.75) is 37.1 Å². The van der Waals surface area contributed by atoms with Crippen molar-refractivity contribution in [1.29, 1.82) is 0 Å². The van der Waals surface area contributed by atoms with Crippen molar-refractivity contribution in [3.8, 4) is 0 Å². The molecule has 1 fully saturated rings. The van der Waals surface area contributed by atoms with Gasteiger partial charge in [-0.1, -0.05) is 6.42 Å². The average molecular weight is 396 g/mol. The predicted molar refractivity (Wildman–Crippen MR) is 99.4 cm³/mol. The first-order valence-electron chi connectivity index (χ1n) is 8.56. The summed E-state index contributed by atoms with van der Waals surface area (Å²) < 4.78 is 36.3.